The molecule has 0 radical (unpaired) electrons. The molecule has 3 nitrogen and oxygen atoms in total. The zero-order chi connectivity index (χ0) is 14.6. The van der Waals surface area contributed by atoms with Crippen LogP contribution in [-0.4, -0.2) is 24.0 Å². The van der Waals surface area contributed by atoms with E-state index in [-0.39, 0.29) is 6.03 Å². The fourth-order valence-corrected chi connectivity index (χ4v) is 2.22. The van der Waals surface area contributed by atoms with Gasteiger partial charge in [0.1, 0.15) is 0 Å². The molecule has 1 aliphatic heterocycles. The Labute approximate surface area is 115 Å². The predicted molar refractivity (Wildman–Crippen MR) is 70.5 cm³/mol. The van der Waals surface area contributed by atoms with E-state index in [1.54, 1.807) is 4.90 Å². The molecule has 20 heavy (non-hydrogen) atoms. The smallest absolute Gasteiger partial charge is 0.325 e. The third kappa shape index (κ3) is 3.88. The number of likely N-dealkylation sites (tertiary alicyclic amines) is 1. The summed E-state index contributed by atoms with van der Waals surface area (Å²) in [5, 5.41) is 2.64. The summed E-state index contributed by atoms with van der Waals surface area (Å²) in [6.07, 6.45) is -0.178. The molecule has 6 heteroatoms. The number of nitrogens with zero attached hydrogens (tertiary/aromatic N) is 1. The third-order valence-electron chi connectivity index (χ3n) is 3.36. The van der Waals surface area contributed by atoms with Gasteiger partial charge in [-0.3, -0.25) is 0 Å². The standard InChI is InChI=1S/C14H17F3N2O/c15-14(16,17)11-5-7-12(8-6-11)18-13(20)19-9-3-1-2-4-10-19/h5-8H,1-4,9-10H2,(H,18,20). The lowest BCUT2D eigenvalue weighted by atomic mass is 10.2. The minimum absolute atomic E-state index is 0.244. The number of hydrogen-bond acceptors (Lipinski definition) is 1. The molecule has 0 unspecified atom stereocenters. The topological polar surface area (TPSA) is 32.3 Å². The van der Waals surface area contributed by atoms with Gasteiger partial charge in [0.05, 0.1) is 5.56 Å². The maximum Gasteiger partial charge on any atom is 0.416 e. The Bertz CT molecular complexity index is 448. The summed E-state index contributed by atoms with van der Waals surface area (Å²) in [5.41, 5.74) is -0.336. The van der Waals surface area contributed by atoms with Gasteiger partial charge in [-0.05, 0) is 37.1 Å². The first kappa shape index (κ1) is 14.7. The number of carbonyl (C=O) groups is 1. The Morgan fingerprint density at radius 3 is 2.05 bits per heavy atom. The highest BCUT2D eigenvalue weighted by atomic mass is 19.4. The molecule has 0 spiro atoms. The molecule has 1 aromatic rings. The fourth-order valence-electron chi connectivity index (χ4n) is 2.22. The quantitative estimate of drug-likeness (QED) is 0.827. The van der Waals surface area contributed by atoms with E-state index >= 15 is 0 Å². The van der Waals surface area contributed by atoms with Crippen LogP contribution in [0, 0.1) is 0 Å². The number of amides is 2. The van der Waals surface area contributed by atoms with Crippen molar-refractivity contribution in [1.29, 1.82) is 0 Å². The van der Waals surface area contributed by atoms with Crippen molar-refractivity contribution in [1.82, 2.24) is 4.90 Å². The van der Waals surface area contributed by atoms with Gasteiger partial charge in [-0.1, -0.05) is 12.8 Å². The molecule has 1 fully saturated rings. The second-order valence-electron chi connectivity index (χ2n) is 4.91. The van der Waals surface area contributed by atoms with Crippen LogP contribution in [0.15, 0.2) is 24.3 Å². The van der Waals surface area contributed by atoms with E-state index in [4.69, 9.17) is 0 Å². The van der Waals surface area contributed by atoms with E-state index in [0.29, 0.717) is 18.8 Å². The van der Waals surface area contributed by atoms with Gasteiger partial charge in [-0.25, -0.2) is 4.79 Å². The highest BCUT2D eigenvalue weighted by Gasteiger charge is 2.30. The maximum atomic E-state index is 12.4. The maximum absolute atomic E-state index is 12.4. The van der Waals surface area contributed by atoms with Crippen LogP contribution in [0.4, 0.5) is 23.7 Å². The van der Waals surface area contributed by atoms with Crippen LogP contribution in [0.1, 0.15) is 31.2 Å². The lowest BCUT2D eigenvalue weighted by Crippen LogP contribution is -2.35. The number of carbonyl (C=O) groups excluding carboxylic acids is 1. The monoisotopic (exact) mass is 286 g/mol. The van der Waals surface area contributed by atoms with Gasteiger partial charge in [0, 0.05) is 18.8 Å². The molecule has 1 saturated heterocycles. The Hall–Kier alpha value is -1.72. The summed E-state index contributed by atoms with van der Waals surface area (Å²) in [5.74, 6) is 0. The van der Waals surface area contributed by atoms with E-state index in [1.807, 2.05) is 0 Å². The number of nitrogens with one attached hydrogen (secondary N) is 1. The Morgan fingerprint density at radius 2 is 1.55 bits per heavy atom. The lowest BCUT2D eigenvalue weighted by Gasteiger charge is -2.20. The largest absolute Gasteiger partial charge is 0.416 e. The van der Waals surface area contributed by atoms with Gasteiger partial charge in [0.15, 0.2) is 0 Å². The lowest BCUT2D eigenvalue weighted by molar-refractivity contribution is -0.137. The van der Waals surface area contributed by atoms with Gasteiger partial charge in [-0.2, -0.15) is 13.2 Å². The Balaban J connectivity index is 1.97. The van der Waals surface area contributed by atoms with Crippen molar-refractivity contribution in [3.8, 4) is 0 Å². The predicted octanol–water partition coefficient (Wildman–Crippen LogP) is 4.11. The summed E-state index contributed by atoms with van der Waals surface area (Å²) in [7, 11) is 0. The van der Waals surface area contributed by atoms with Crippen LogP contribution in [0.3, 0.4) is 0 Å². The van der Waals surface area contributed by atoms with E-state index in [0.717, 1.165) is 37.8 Å². The molecule has 0 atom stereocenters. The van der Waals surface area contributed by atoms with Crippen molar-refractivity contribution >= 4 is 11.7 Å². The first-order valence-corrected chi connectivity index (χ1v) is 6.70. The number of halogens is 3. The molecule has 0 saturated carbocycles. The van der Waals surface area contributed by atoms with Crippen LogP contribution in [0.2, 0.25) is 0 Å². The number of rotatable bonds is 1. The van der Waals surface area contributed by atoms with Crippen LogP contribution in [0.25, 0.3) is 0 Å². The van der Waals surface area contributed by atoms with Crippen LogP contribution >= 0.6 is 0 Å². The first-order chi connectivity index (χ1) is 9.47. The molecule has 1 aliphatic rings. The SMILES string of the molecule is O=C(Nc1ccc(C(F)(F)F)cc1)N1CCCCCC1. The van der Waals surface area contributed by atoms with Crippen LogP contribution in [0.5, 0.6) is 0 Å². The summed E-state index contributed by atoms with van der Waals surface area (Å²) >= 11 is 0. The van der Waals surface area contributed by atoms with E-state index in [2.05, 4.69) is 5.32 Å². The van der Waals surface area contributed by atoms with Gasteiger partial charge >= 0.3 is 12.2 Å². The van der Waals surface area contributed by atoms with E-state index in [1.165, 1.54) is 12.1 Å². The number of anilines is 1. The van der Waals surface area contributed by atoms with Crippen molar-refractivity contribution in [2.24, 2.45) is 0 Å². The van der Waals surface area contributed by atoms with Crippen molar-refractivity contribution < 1.29 is 18.0 Å². The third-order valence-corrected chi connectivity index (χ3v) is 3.36. The molecular formula is C14H17F3N2O. The summed E-state index contributed by atoms with van der Waals surface area (Å²) < 4.78 is 37.3. The molecule has 2 amide bonds. The van der Waals surface area contributed by atoms with Crippen LogP contribution in [-0.2, 0) is 6.18 Å². The van der Waals surface area contributed by atoms with E-state index in [9.17, 15) is 18.0 Å². The highest BCUT2D eigenvalue weighted by molar-refractivity contribution is 5.89. The number of alkyl halides is 3. The highest BCUT2D eigenvalue weighted by Crippen LogP contribution is 2.29. The van der Waals surface area contributed by atoms with Gasteiger partial charge in [0.25, 0.3) is 0 Å². The summed E-state index contributed by atoms with van der Waals surface area (Å²) in [6.45, 7) is 1.40. The minimum atomic E-state index is -4.35. The van der Waals surface area contributed by atoms with Crippen molar-refractivity contribution in [3.05, 3.63) is 29.8 Å². The fraction of sp³-hybridized carbons (Fsp3) is 0.500. The van der Waals surface area contributed by atoms with Crippen molar-refractivity contribution in [3.63, 3.8) is 0 Å². The second-order valence-corrected chi connectivity index (χ2v) is 4.91. The number of hydrogen-bond donors (Lipinski definition) is 1. The normalized spacial score (nSPS) is 16.6. The van der Waals surface area contributed by atoms with Crippen molar-refractivity contribution in [2.75, 3.05) is 18.4 Å². The molecule has 1 heterocycles. The minimum Gasteiger partial charge on any atom is -0.325 e. The average molecular weight is 286 g/mol. The Morgan fingerprint density at radius 1 is 1.00 bits per heavy atom. The molecule has 0 bridgehead atoms. The molecule has 2 rings (SSSR count). The average Bonchev–Trinajstić information content (AvgIpc) is 2.67. The summed E-state index contributed by atoms with van der Waals surface area (Å²) in [4.78, 5) is 13.7. The Kier molecular flexibility index (Phi) is 4.52. The first-order valence-electron chi connectivity index (χ1n) is 6.70. The summed E-state index contributed by atoms with van der Waals surface area (Å²) in [6, 6.07) is 4.25. The number of benzene rings is 1. The molecule has 0 aliphatic carbocycles. The van der Waals surface area contributed by atoms with Gasteiger partial charge in [-0.15, -0.1) is 0 Å². The van der Waals surface area contributed by atoms with Gasteiger partial charge < -0.3 is 10.2 Å². The second kappa shape index (κ2) is 6.15. The molecule has 1 N–H and O–H groups in total. The zero-order valence-electron chi connectivity index (χ0n) is 11.0. The van der Waals surface area contributed by atoms with Gasteiger partial charge in [0.2, 0.25) is 0 Å². The molecular weight excluding hydrogens is 269 g/mol. The van der Waals surface area contributed by atoms with E-state index < -0.39 is 11.7 Å². The molecule has 0 aromatic heterocycles. The number of urea groups is 1. The van der Waals surface area contributed by atoms with Crippen LogP contribution < -0.4 is 5.32 Å². The molecule has 110 valence electrons. The molecule has 1 aromatic carbocycles. The zero-order valence-corrected chi connectivity index (χ0v) is 11.0. The van der Waals surface area contributed by atoms with Crippen molar-refractivity contribution in [2.45, 2.75) is 31.9 Å².